The molecule has 2 aromatic rings. The van der Waals surface area contributed by atoms with Gasteiger partial charge in [-0.1, -0.05) is 29.3 Å². The molecule has 0 bridgehead atoms. The van der Waals surface area contributed by atoms with E-state index in [4.69, 9.17) is 23.2 Å². The molecule has 0 aliphatic carbocycles. The number of piperidine rings is 2. The van der Waals surface area contributed by atoms with Crippen molar-refractivity contribution in [3.63, 3.8) is 0 Å². The lowest BCUT2D eigenvalue weighted by atomic mass is 9.96. The topological polar surface area (TPSA) is 69.7 Å². The first-order chi connectivity index (χ1) is 15.4. The first-order valence-electron chi connectivity index (χ1n) is 10.9. The van der Waals surface area contributed by atoms with E-state index in [1.807, 2.05) is 24.3 Å². The minimum atomic E-state index is -0.309. The molecule has 4 rings (SSSR count). The van der Waals surface area contributed by atoms with Crippen molar-refractivity contribution in [2.75, 3.05) is 29.9 Å². The molecular weight excluding hydrogens is 449 g/mol. The number of carbonyl (C=O) groups excluding carboxylic acids is 3. The number of nitrogens with zero attached hydrogens (tertiary/aromatic N) is 2. The summed E-state index contributed by atoms with van der Waals surface area (Å²) in [6.45, 7) is 1.63. The smallest absolute Gasteiger partial charge is 0.253 e. The molecule has 2 heterocycles. The first-order valence-corrected chi connectivity index (χ1v) is 11.6. The molecule has 0 spiro atoms. The number of carbonyl (C=O) groups is 3. The van der Waals surface area contributed by atoms with Gasteiger partial charge in [-0.25, -0.2) is 0 Å². The first kappa shape index (κ1) is 22.6. The van der Waals surface area contributed by atoms with Gasteiger partial charge in [-0.15, -0.1) is 0 Å². The van der Waals surface area contributed by atoms with Crippen LogP contribution in [0.3, 0.4) is 0 Å². The van der Waals surface area contributed by atoms with Crippen LogP contribution in [-0.2, 0) is 9.59 Å². The fourth-order valence-corrected chi connectivity index (χ4v) is 4.56. The fraction of sp³-hybridized carbons (Fsp3) is 0.375. The van der Waals surface area contributed by atoms with Gasteiger partial charge in [0.15, 0.2) is 0 Å². The van der Waals surface area contributed by atoms with Gasteiger partial charge < -0.3 is 15.1 Å². The Kier molecular flexibility index (Phi) is 7.01. The molecule has 3 amide bonds. The number of amides is 3. The van der Waals surface area contributed by atoms with Gasteiger partial charge in [0.05, 0.1) is 16.0 Å². The van der Waals surface area contributed by atoms with Crippen LogP contribution in [-0.4, -0.2) is 42.3 Å². The van der Waals surface area contributed by atoms with Crippen LogP contribution in [0.25, 0.3) is 0 Å². The number of nitrogens with one attached hydrogen (secondary N) is 1. The van der Waals surface area contributed by atoms with E-state index in [2.05, 4.69) is 5.32 Å². The molecule has 2 fully saturated rings. The molecule has 0 radical (unpaired) electrons. The Balaban J connectivity index is 1.41. The molecule has 2 aromatic carbocycles. The molecule has 2 saturated heterocycles. The number of hydrogen-bond donors (Lipinski definition) is 1. The van der Waals surface area contributed by atoms with Gasteiger partial charge in [-0.2, -0.15) is 0 Å². The molecule has 1 atom stereocenters. The average Bonchev–Trinajstić information content (AvgIpc) is 2.81. The van der Waals surface area contributed by atoms with Crippen LogP contribution >= 0.6 is 23.2 Å². The van der Waals surface area contributed by atoms with Crippen molar-refractivity contribution >= 4 is 52.3 Å². The summed E-state index contributed by atoms with van der Waals surface area (Å²) in [4.78, 5) is 41.5. The Labute approximate surface area is 197 Å². The second-order valence-corrected chi connectivity index (χ2v) is 9.08. The SMILES string of the molecule is O=C(Nc1cccc(N2CCCCC2=O)c1)C1CCCN(C(=O)c2ccc(Cl)c(Cl)c2)C1. The van der Waals surface area contributed by atoms with Crippen molar-refractivity contribution in [2.45, 2.75) is 32.1 Å². The van der Waals surface area contributed by atoms with Crippen LogP contribution in [0.15, 0.2) is 42.5 Å². The number of likely N-dealkylation sites (tertiary alicyclic amines) is 1. The van der Waals surface area contributed by atoms with Crippen LogP contribution in [0.4, 0.5) is 11.4 Å². The predicted octanol–water partition coefficient (Wildman–Crippen LogP) is 5.00. The molecule has 1 N–H and O–H groups in total. The summed E-state index contributed by atoms with van der Waals surface area (Å²) in [5.74, 6) is -0.482. The van der Waals surface area contributed by atoms with Gasteiger partial charge in [-0.3, -0.25) is 14.4 Å². The van der Waals surface area contributed by atoms with E-state index in [0.717, 1.165) is 24.9 Å². The highest BCUT2D eigenvalue weighted by Crippen LogP contribution is 2.27. The lowest BCUT2D eigenvalue weighted by Gasteiger charge is -2.32. The Morgan fingerprint density at radius 1 is 0.969 bits per heavy atom. The summed E-state index contributed by atoms with van der Waals surface area (Å²) < 4.78 is 0. The minimum Gasteiger partial charge on any atom is -0.338 e. The summed E-state index contributed by atoms with van der Waals surface area (Å²) in [7, 11) is 0. The number of hydrogen-bond acceptors (Lipinski definition) is 3. The highest BCUT2D eigenvalue weighted by Gasteiger charge is 2.29. The zero-order valence-electron chi connectivity index (χ0n) is 17.7. The van der Waals surface area contributed by atoms with Gasteiger partial charge in [0, 0.05) is 43.0 Å². The predicted molar refractivity (Wildman–Crippen MR) is 126 cm³/mol. The molecule has 32 heavy (non-hydrogen) atoms. The summed E-state index contributed by atoms with van der Waals surface area (Å²) in [5.41, 5.74) is 1.91. The van der Waals surface area contributed by atoms with E-state index >= 15 is 0 Å². The second-order valence-electron chi connectivity index (χ2n) is 8.26. The lowest BCUT2D eigenvalue weighted by Crippen LogP contribution is -2.43. The fourth-order valence-electron chi connectivity index (χ4n) is 4.26. The van der Waals surface area contributed by atoms with Crippen LogP contribution in [0, 0.1) is 5.92 Å². The Morgan fingerprint density at radius 2 is 1.81 bits per heavy atom. The van der Waals surface area contributed by atoms with E-state index in [1.54, 1.807) is 28.0 Å². The van der Waals surface area contributed by atoms with E-state index in [9.17, 15) is 14.4 Å². The Morgan fingerprint density at radius 3 is 2.59 bits per heavy atom. The van der Waals surface area contributed by atoms with E-state index in [-0.39, 0.29) is 23.6 Å². The van der Waals surface area contributed by atoms with Crippen molar-refractivity contribution in [2.24, 2.45) is 5.92 Å². The largest absolute Gasteiger partial charge is 0.338 e. The summed E-state index contributed by atoms with van der Waals surface area (Å²) in [6.07, 6.45) is 3.91. The van der Waals surface area contributed by atoms with Crippen molar-refractivity contribution in [3.05, 3.63) is 58.1 Å². The maximum atomic E-state index is 13.0. The summed E-state index contributed by atoms with van der Waals surface area (Å²) >= 11 is 12.0. The summed E-state index contributed by atoms with van der Waals surface area (Å²) in [6, 6.07) is 12.2. The number of anilines is 2. The second kappa shape index (κ2) is 9.92. The van der Waals surface area contributed by atoms with Crippen molar-refractivity contribution in [1.82, 2.24) is 4.90 Å². The van der Waals surface area contributed by atoms with Gasteiger partial charge in [-0.05, 0) is 62.1 Å². The average molecular weight is 474 g/mol. The number of halogens is 2. The quantitative estimate of drug-likeness (QED) is 0.678. The van der Waals surface area contributed by atoms with Crippen LogP contribution in [0.2, 0.25) is 10.0 Å². The highest BCUT2D eigenvalue weighted by atomic mass is 35.5. The maximum absolute atomic E-state index is 13.0. The third-order valence-electron chi connectivity index (χ3n) is 5.99. The van der Waals surface area contributed by atoms with Gasteiger partial charge in [0.2, 0.25) is 11.8 Å². The van der Waals surface area contributed by atoms with E-state index in [1.165, 1.54) is 0 Å². The molecule has 8 heteroatoms. The standard InChI is InChI=1S/C24H25Cl2N3O3/c25-20-10-9-16(13-21(20)26)24(32)28-11-4-5-17(15-28)23(31)27-18-6-3-7-19(14-18)29-12-2-1-8-22(29)30/h3,6-7,9-10,13-14,17H,1-2,4-5,8,11-12,15H2,(H,27,31). The molecular formula is C24H25Cl2N3O3. The number of benzene rings is 2. The van der Waals surface area contributed by atoms with Crippen LogP contribution in [0.5, 0.6) is 0 Å². The third-order valence-corrected chi connectivity index (χ3v) is 6.73. The number of rotatable bonds is 4. The van der Waals surface area contributed by atoms with Gasteiger partial charge >= 0.3 is 0 Å². The Bertz CT molecular complexity index is 1040. The highest BCUT2D eigenvalue weighted by molar-refractivity contribution is 6.42. The molecule has 6 nitrogen and oxygen atoms in total. The molecule has 0 aromatic heterocycles. The maximum Gasteiger partial charge on any atom is 0.253 e. The zero-order valence-corrected chi connectivity index (χ0v) is 19.2. The molecule has 2 aliphatic rings. The normalized spacial score (nSPS) is 19.1. The van der Waals surface area contributed by atoms with Crippen molar-refractivity contribution in [3.8, 4) is 0 Å². The van der Waals surface area contributed by atoms with Crippen molar-refractivity contribution in [1.29, 1.82) is 0 Å². The molecule has 0 saturated carbocycles. The minimum absolute atomic E-state index is 0.114. The zero-order chi connectivity index (χ0) is 22.7. The summed E-state index contributed by atoms with van der Waals surface area (Å²) in [5, 5.41) is 3.69. The lowest BCUT2D eigenvalue weighted by molar-refractivity contribution is -0.121. The Hall–Kier alpha value is -2.57. The molecule has 2 aliphatic heterocycles. The van der Waals surface area contributed by atoms with Crippen LogP contribution in [0.1, 0.15) is 42.5 Å². The molecule has 1 unspecified atom stereocenters. The monoisotopic (exact) mass is 473 g/mol. The van der Waals surface area contributed by atoms with E-state index < -0.39 is 0 Å². The van der Waals surface area contributed by atoms with E-state index in [0.29, 0.717) is 53.8 Å². The third kappa shape index (κ3) is 5.08. The van der Waals surface area contributed by atoms with Gasteiger partial charge in [0.25, 0.3) is 5.91 Å². The van der Waals surface area contributed by atoms with Gasteiger partial charge in [0.1, 0.15) is 0 Å². The molecule has 168 valence electrons. The van der Waals surface area contributed by atoms with Crippen LogP contribution < -0.4 is 10.2 Å². The van der Waals surface area contributed by atoms with Crippen molar-refractivity contribution < 1.29 is 14.4 Å².